The van der Waals surface area contributed by atoms with Crippen molar-refractivity contribution in [2.75, 3.05) is 18.0 Å². The second-order valence-electron chi connectivity index (χ2n) is 6.30. The average molecular weight is 364 g/mol. The van der Waals surface area contributed by atoms with E-state index in [1.807, 2.05) is 11.0 Å². The van der Waals surface area contributed by atoms with Gasteiger partial charge in [0.25, 0.3) is 0 Å². The topological polar surface area (TPSA) is 50.2 Å². The molecule has 0 bridgehead atoms. The maximum absolute atomic E-state index is 12.9. The van der Waals surface area contributed by atoms with Gasteiger partial charge in [-0.25, -0.2) is 4.68 Å². The van der Waals surface area contributed by atoms with Crippen molar-refractivity contribution in [3.05, 3.63) is 54.2 Å². The molecule has 1 aliphatic rings. The van der Waals surface area contributed by atoms with E-state index in [9.17, 15) is 18.0 Å². The van der Waals surface area contributed by atoms with Gasteiger partial charge in [-0.15, -0.1) is 0 Å². The number of halogens is 3. The van der Waals surface area contributed by atoms with Crippen molar-refractivity contribution >= 4 is 17.4 Å². The van der Waals surface area contributed by atoms with E-state index in [1.165, 1.54) is 12.1 Å². The number of rotatable bonds is 4. The monoisotopic (exact) mass is 364 g/mol. The van der Waals surface area contributed by atoms with Crippen LogP contribution in [0.3, 0.4) is 0 Å². The Morgan fingerprint density at radius 1 is 1.38 bits per heavy atom. The van der Waals surface area contributed by atoms with E-state index < -0.39 is 11.7 Å². The van der Waals surface area contributed by atoms with Gasteiger partial charge in [-0.05, 0) is 36.8 Å². The number of nitrogens with zero attached hydrogens (tertiary/aromatic N) is 3. The molecule has 0 unspecified atom stereocenters. The molecular weight excluding hydrogens is 345 g/mol. The molecule has 0 saturated heterocycles. The number of benzene rings is 1. The first kappa shape index (κ1) is 18.0. The Hall–Kier alpha value is -2.77. The number of nitrogens with one attached hydrogen (secondary N) is 1. The molecule has 3 rings (SSSR count). The predicted octanol–water partition coefficient (Wildman–Crippen LogP) is 3.28. The molecule has 5 nitrogen and oxygen atoms in total. The number of carbonyl (C=O) groups excluding carboxylic acids is 1. The zero-order valence-corrected chi connectivity index (χ0v) is 14.3. The van der Waals surface area contributed by atoms with Gasteiger partial charge >= 0.3 is 6.18 Å². The number of hydrogen-bond donors (Lipinski definition) is 1. The molecule has 0 aliphatic carbocycles. The quantitative estimate of drug-likeness (QED) is 0.847. The van der Waals surface area contributed by atoms with Gasteiger partial charge in [-0.3, -0.25) is 4.79 Å². The molecule has 1 N–H and O–H groups in total. The average Bonchev–Trinajstić information content (AvgIpc) is 3.06. The summed E-state index contributed by atoms with van der Waals surface area (Å²) < 4.78 is 40.6. The van der Waals surface area contributed by atoms with E-state index in [2.05, 4.69) is 17.0 Å². The Balaban J connectivity index is 1.89. The first-order chi connectivity index (χ1) is 12.3. The third kappa shape index (κ3) is 3.58. The largest absolute Gasteiger partial charge is 0.416 e. The minimum absolute atomic E-state index is 0.0630. The van der Waals surface area contributed by atoms with Gasteiger partial charge in [0.1, 0.15) is 5.82 Å². The molecule has 0 saturated carbocycles. The van der Waals surface area contributed by atoms with Crippen molar-refractivity contribution in [1.29, 1.82) is 0 Å². The zero-order chi connectivity index (χ0) is 18.9. The van der Waals surface area contributed by atoms with Gasteiger partial charge in [0.15, 0.2) is 0 Å². The standard InChI is InChI=1S/C18H19F3N4O/c1-3-16(26)22-9-13-10-24(17-6-7-23-25(17)11-13)15-5-4-14(8-12(15)2)18(19,20)21/h3-8,13H,1,9-11H2,2H3,(H,22,26)/t13-/m0/s1. The summed E-state index contributed by atoms with van der Waals surface area (Å²) in [6.45, 7) is 6.70. The lowest BCUT2D eigenvalue weighted by Gasteiger charge is -2.35. The molecule has 1 aromatic carbocycles. The highest BCUT2D eigenvalue weighted by atomic mass is 19.4. The third-order valence-electron chi connectivity index (χ3n) is 4.41. The second kappa shape index (κ2) is 6.86. The highest BCUT2D eigenvalue weighted by Gasteiger charge is 2.32. The minimum Gasteiger partial charge on any atom is -0.352 e. The van der Waals surface area contributed by atoms with E-state index in [0.717, 1.165) is 18.0 Å². The fourth-order valence-electron chi connectivity index (χ4n) is 3.15. The summed E-state index contributed by atoms with van der Waals surface area (Å²) in [5, 5.41) is 7.05. The van der Waals surface area contributed by atoms with Crippen LogP contribution in [0.4, 0.5) is 24.7 Å². The molecular formula is C18H19F3N4O. The smallest absolute Gasteiger partial charge is 0.352 e. The minimum atomic E-state index is -4.37. The fourth-order valence-corrected chi connectivity index (χ4v) is 3.15. The number of amides is 1. The van der Waals surface area contributed by atoms with E-state index in [0.29, 0.717) is 30.9 Å². The van der Waals surface area contributed by atoms with Gasteiger partial charge in [0.2, 0.25) is 5.91 Å². The summed E-state index contributed by atoms with van der Waals surface area (Å²) in [5.74, 6) is 0.626. The van der Waals surface area contributed by atoms with Crippen molar-refractivity contribution in [2.45, 2.75) is 19.6 Å². The Morgan fingerprint density at radius 2 is 2.15 bits per heavy atom. The summed E-state index contributed by atoms with van der Waals surface area (Å²) in [5.41, 5.74) is 0.557. The third-order valence-corrected chi connectivity index (χ3v) is 4.41. The van der Waals surface area contributed by atoms with Gasteiger partial charge in [-0.2, -0.15) is 18.3 Å². The fraction of sp³-hybridized carbons (Fsp3) is 0.333. The van der Waals surface area contributed by atoms with E-state index in [1.54, 1.807) is 17.8 Å². The van der Waals surface area contributed by atoms with Crippen LogP contribution in [0.5, 0.6) is 0 Å². The van der Waals surface area contributed by atoms with Crippen LogP contribution in [0, 0.1) is 12.8 Å². The number of alkyl halides is 3. The molecule has 2 heterocycles. The highest BCUT2D eigenvalue weighted by molar-refractivity contribution is 5.86. The van der Waals surface area contributed by atoms with E-state index in [-0.39, 0.29) is 11.8 Å². The lowest BCUT2D eigenvalue weighted by Crippen LogP contribution is -2.41. The molecule has 0 spiro atoms. The summed E-state index contributed by atoms with van der Waals surface area (Å²) in [6, 6.07) is 5.56. The van der Waals surface area contributed by atoms with Crippen molar-refractivity contribution in [2.24, 2.45) is 5.92 Å². The number of hydrogen-bond acceptors (Lipinski definition) is 3. The molecule has 2 aromatic rings. The van der Waals surface area contributed by atoms with Crippen molar-refractivity contribution < 1.29 is 18.0 Å². The number of anilines is 2. The summed E-state index contributed by atoms with van der Waals surface area (Å²) >= 11 is 0. The summed E-state index contributed by atoms with van der Waals surface area (Å²) in [6.07, 6.45) is -1.50. The molecule has 1 aromatic heterocycles. The van der Waals surface area contributed by atoms with Gasteiger partial charge in [-0.1, -0.05) is 6.58 Å². The number of aromatic nitrogens is 2. The molecule has 1 amide bonds. The Kier molecular flexibility index (Phi) is 4.76. The molecule has 1 aliphatic heterocycles. The molecule has 0 radical (unpaired) electrons. The number of fused-ring (bicyclic) bond motifs is 1. The first-order valence-corrected chi connectivity index (χ1v) is 8.17. The zero-order valence-electron chi connectivity index (χ0n) is 14.3. The van der Waals surface area contributed by atoms with Crippen LogP contribution in [0.1, 0.15) is 11.1 Å². The Labute approximate surface area is 149 Å². The second-order valence-corrected chi connectivity index (χ2v) is 6.30. The van der Waals surface area contributed by atoms with Crippen molar-refractivity contribution in [3.8, 4) is 0 Å². The van der Waals surface area contributed by atoms with E-state index in [4.69, 9.17) is 0 Å². The molecule has 8 heteroatoms. The van der Waals surface area contributed by atoms with Crippen LogP contribution in [0.15, 0.2) is 43.1 Å². The lowest BCUT2D eigenvalue weighted by atomic mass is 10.0. The maximum Gasteiger partial charge on any atom is 0.416 e. The van der Waals surface area contributed by atoms with Crippen LogP contribution >= 0.6 is 0 Å². The number of carbonyl (C=O) groups is 1. The van der Waals surface area contributed by atoms with Crippen LogP contribution in [-0.2, 0) is 17.5 Å². The highest BCUT2D eigenvalue weighted by Crippen LogP contribution is 2.36. The first-order valence-electron chi connectivity index (χ1n) is 8.17. The van der Waals surface area contributed by atoms with Crippen LogP contribution in [0.25, 0.3) is 0 Å². The van der Waals surface area contributed by atoms with Crippen molar-refractivity contribution in [3.63, 3.8) is 0 Å². The predicted molar refractivity (Wildman–Crippen MR) is 92.1 cm³/mol. The van der Waals surface area contributed by atoms with Gasteiger partial charge in [0, 0.05) is 37.3 Å². The molecule has 138 valence electrons. The number of aryl methyl sites for hydroxylation is 1. The summed E-state index contributed by atoms with van der Waals surface area (Å²) in [7, 11) is 0. The molecule has 26 heavy (non-hydrogen) atoms. The Morgan fingerprint density at radius 3 is 2.81 bits per heavy atom. The van der Waals surface area contributed by atoms with Crippen molar-refractivity contribution in [1.82, 2.24) is 15.1 Å². The molecule has 1 atom stereocenters. The Bertz CT molecular complexity index is 828. The van der Waals surface area contributed by atoms with Gasteiger partial charge in [0.05, 0.1) is 11.8 Å². The normalized spacial score (nSPS) is 16.9. The molecule has 0 fully saturated rings. The maximum atomic E-state index is 12.9. The van der Waals surface area contributed by atoms with Crippen LogP contribution < -0.4 is 10.2 Å². The summed E-state index contributed by atoms with van der Waals surface area (Å²) in [4.78, 5) is 13.4. The van der Waals surface area contributed by atoms with Crippen LogP contribution in [0.2, 0.25) is 0 Å². The van der Waals surface area contributed by atoms with Gasteiger partial charge < -0.3 is 10.2 Å². The lowest BCUT2D eigenvalue weighted by molar-refractivity contribution is -0.137. The SMILES string of the molecule is C=CC(=O)NC[C@H]1CN(c2ccc(C(F)(F)F)cc2C)c2ccnn2C1. The van der Waals surface area contributed by atoms with Crippen LogP contribution in [-0.4, -0.2) is 28.8 Å². The van der Waals surface area contributed by atoms with E-state index >= 15 is 0 Å².